The summed E-state index contributed by atoms with van der Waals surface area (Å²) in [6, 6.07) is 4.61. The number of benzene rings is 1. The Morgan fingerprint density at radius 2 is 1.91 bits per heavy atom. The molecular formula is C17H23Cl2NO2. The first-order chi connectivity index (χ1) is 10.4. The van der Waals surface area contributed by atoms with E-state index in [0.29, 0.717) is 22.9 Å². The zero-order chi connectivity index (χ0) is 16.5. The highest BCUT2D eigenvalue weighted by Gasteiger charge is 2.18. The Hall–Kier alpha value is -1.06. The third kappa shape index (κ3) is 6.80. The number of amides is 1. The summed E-state index contributed by atoms with van der Waals surface area (Å²) < 4.78 is 0. The monoisotopic (exact) mass is 343 g/mol. The molecule has 1 atom stereocenters. The summed E-state index contributed by atoms with van der Waals surface area (Å²) in [6.07, 6.45) is 4.99. The molecule has 0 radical (unpaired) electrons. The Morgan fingerprint density at radius 1 is 1.18 bits per heavy atom. The van der Waals surface area contributed by atoms with Crippen LogP contribution in [-0.4, -0.2) is 17.7 Å². The zero-order valence-corrected chi connectivity index (χ0v) is 14.6. The van der Waals surface area contributed by atoms with Crippen molar-refractivity contribution in [3.05, 3.63) is 33.8 Å². The van der Waals surface area contributed by atoms with Gasteiger partial charge >= 0.3 is 0 Å². The lowest BCUT2D eigenvalue weighted by Crippen LogP contribution is -2.41. The molecule has 122 valence electrons. The van der Waals surface area contributed by atoms with E-state index >= 15 is 0 Å². The summed E-state index contributed by atoms with van der Waals surface area (Å²) in [5.74, 6) is -0.158. The Bertz CT molecular complexity index is 517. The van der Waals surface area contributed by atoms with Gasteiger partial charge in [-0.3, -0.25) is 9.59 Å². The summed E-state index contributed by atoms with van der Waals surface area (Å²) in [5.41, 5.74) is 0.803. The van der Waals surface area contributed by atoms with Crippen molar-refractivity contribution in [1.82, 2.24) is 5.32 Å². The summed E-state index contributed by atoms with van der Waals surface area (Å²) in [5, 5.41) is 3.86. The van der Waals surface area contributed by atoms with Crippen molar-refractivity contribution in [3.63, 3.8) is 0 Å². The quantitative estimate of drug-likeness (QED) is 0.667. The van der Waals surface area contributed by atoms with Gasteiger partial charge in [-0.25, -0.2) is 0 Å². The van der Waals surface area contributed by atoms with Crippen LogP contribution in [0.4, 0.5) is 0 Å². The second kappa shape index (κ2) is 9.86. The molecule has 0 aliphatic heterocycles. The summed E-state index contributed by atoms with van der Waals surface area (Å²) in [4.78, 5) is 23.7. The number of unbranched alkanes of at least 4 members (excludes halogenated alkanes) is 3. The maximum absolute atomic E-state index is 11.9. The van der Waals surface area contributed by atoms with Gasteiger partial charge in [0.1, 0.15) is 0 Å². The van der Waals surface area contributed by atoms with Crippen LogP contribution in [0.15, 0.2) is 18.2 Å². The van der Waals surface area contributed by atoms with E-state index in [0.717, 1.165) is 31.2 Å². The van der Waals surface area contributed by atoms with E-state index in [4.69, 9.17) is 23.2 Å². The van der Waals surface area contributed by atoms with Crippen molar-refractivity contribution in [3.8, 4) is 0 Å². The smallest absolute Gasteiger partial charge is 0.220 e. The van der Waals surface area contributed by atoms with Crippen molar-refractivity contribution in [1.29, 1.82) is 0 Å². The molecule has 1 rings (SSSR count). The van der Waals surface area contributed by atoms with Crippen molar-refractivity contribution < 1.29 is 9.59 Å². The Labute approximate surface area is 142 Å². The zero-order valence-electron chi connectivity index (χ0n) is 13.1. The topological polar surface area (TPSA) is 46.2 Å². The van der Waals surface area contributed by atoms with E-state index in [-0.39, 0.29) is 11.7 Å². The molecule has 0 aliphatic carbocycles. The molecule has 0 saturated carbocycles. The van der Waals surface area contributed by atoms with Crippen LogP contribution in [-0.2, 0) is 16.0 Å². The van der Waals surface area contributed by atoms with Crippen molar-refractivity contribution >= 4 is 34.9 Å². The van der Waals surface area contributed by atoms with Gasteiger partial charge in [-0.2, -0.15) is 0 Å². The van der Waals surface area contributed by atoms with Gasteiger partial charge in [0.2, 0.25) is 5.91 Å². The van der Waals surface area contributed by atoms with Crippen molar-refractivity contribution in [2.24, 2.45) is 0 Å². The van der Waals surface area contributed by atoms with E-state index in [2.05, 4.69) is 12.2 Å². The minimum atomic E-state index is -0.544. The molecule has 0 heterocycles. The fourth-order valence-electron chi connectivity index (χ4n) is 2.18. The van der Waals surface area contributed by atoms with Crippen LogP contribution in [0.1, 0.15) is 51.5 Å². The SMILES string of the molecule is CCCCCCC(=O)N[C@H](Cc1ccc(Cl)cc1Cl)C(C)=O. The van der Waals surface area contributed by atoms with E-state index < -0.39 is 6.04 Å². The molecular weight excluding hydrogens is 321 g/mol. The minimum absolute atomic E-state index is 0.0760. The summed E-state index contributed by atoms with van der Waals surface area (Å²) >= 11 is 12.0. The number of hydrogen-bond donors (Lipinski definition) is 1. The molecule has 0 aliphatic rings. The number of halogens is 2. The normalized spacial score (nSPS) is 12.0. The van der Waals surface area contributed by atoms with Crippen LogP contribution in [0.3, 0.4) is 0 Å². The largest absolute Gasteiger partial charge is 0.346 e. The van der Waals surface area contributed by atoms with Crippen molar-refractivity contribution in [2.75, 3.05) is 0 Å². The van der Waals surface area contributed by atoms with Crippen LogP contribution in [0.5, 0.6) is 0 Å². The molecule has 22 heavy (non-hydrogen) atoms. The van der Waals surface area contributed by atoms with Crippen molar-refractivity contribution in [2.45, 2.75) is 58.4 Å². The molecule has 0 fully saturated rings. The maximum atomic E-state index is 11.9. The number of hydrogen-bond acceptors (Lipinski definition) is 2. The van der Waals surface area contributed by atoms with Crippen LogP contribution >= 0.6 is 23.2 Å². The van der Waals surface area contributed by atoms with Crippen LogP contribution in [0, 0.1) is 0 Å². The van der Waals surface area contributed by atoms with Gasteiger partial charge in [0.25, 0.3) is 0 Å². The van der Waals surface area contributed by atoms with E-state index in [1.807, 2.05) is 0 Å². The summed E-state index contributed by atoms with van der Waals surface area (Å²) in [6.45, 7) is 3.60. The standard InChI is InChI=1S/C17H23Cl2NO2/c1-3-4-5-6-7-17(22)20-16(12(2)21)10-13-8-9-14(18)11-15(13)19/h8-9,11,16H,3-7,10H2,1-2H3,(H,20,22)/t16-/m1/s1. The Kier molecular flexibility index (Phi) is 8.51. The molecule has 0 unspecified atom stereocenters. The molecule has 0 bridgehead atoms. The third-order valence-corrected chi connectivity index (χ3v) is 4.11. The highest BCUT2D eigenvalue weighted by atomic mass is 35.5. The molecule has 0 spiro atoms. The van der Waals surface area contributed by atoms with Gasteiger partial charge in [-0.1, -0.05) is 55.5 Å². The molecule has 0 aromatic heterocycles. The number of nitrogens with one attached hydrogen (secondary N) is 1. The molecule has 0 saturated heterocycles. The first kappa shape index (κ1) is 19.0. The Balaban J connectivity index is 2.58. The van der Waals surface area contributed by atoms with Gasteiger partial charge in [0.15, 0.2) is 5.78 Å². The average Bonchev–Trinajstić information content (AvgIpc) is 2.45. The fraction of sp³-hybridized carbons (Fsp3) is 0.529. The molecule has 3 nitrogen and oxygen atoms in total. The van der Waals surface area contributed by atoms with Crippen LogP contribution in [0.2, 0.25) is 10.0 Å². The van der Waals surface area contributed by atoms with Crippen LogP contribution < -0.4 is 5.32 Å². The number of carbonyl (C=O) groups is 2. The van der Waals surface area contributed by atoms with Gasteiger partial charge < -0.3 is 5.32 Å². The molecule has 1 N–H and O–H groups in total. The fourth-order valence-corrected chi connectivity index (χ4v) is 2.67. The maximum Gasteiger partial charge on any atom is 0.220 e. The molecule has 1 aromatic carbocycles. The molecule has 5 heteroatoms. The minimum Gasteiger partial charge on any atom is -0.346 e. The number of carbonyl (C=O) groups excluding carboxylic acids is 2. The summed E-state index contributed by atoms with van der Waals surface area (Å²) in [7, 11) is 0. The second-order valence-corrected chi connectivity index (χ2v) is 6.32. The molecule has 1 aromatic rings. The number of rotatable bonds is 9. The first-order valence-corrected chi connectivity index (χ1v) is 8.43. The molecule has 1 amide bonds. The third-order valence-electron chi connectivity index (χ3n) is 3.52. The highest BCUT2D eigenvalue weighted by molar-refractivity contribution is 6.35. The number of Topliss-reactive ketones (excluding diaryl/α,β-unsaturated/α-hetero) is 1. The Morgan fingerprint density at radius 3 is 2.50 bits per heavy atom. The second-order valence-electron chi connectivity index (χ2n) is 5.48. The van der Waals surface area contributed by atoms with Gasteiger partial charge in [0, 0.05) is 22.9 Å². The predicted molar refractivity (Wildman–Crippen MR) is 91.5 cm³/mol. The van der Waals surface area contributed by atoms with E-state index in [9.17, 15) is 9.59 Å². The lowest BCUT2D eigenvalue weighted by atomic mass is 10.0. The average molecular weight is 344 g/mol. The lowest BCUT2D eigenvalue weighted by Gasteiger charge is -2.17. The van der Waals surface area contributed by atoms with Crippen LogP contribution in [0.25, 0.3) is 0 Å². The van der Waals surface area contributed by atoms with E-state index in [1.54, 1.807) is 18.2 Å². The lowest BCUT2D eigenvalue weighted by molar-refractivity contribution is -0.126. The predicted octanol–water partition coefficient (Wildman–Crippen LogP) is 4.58. The van der Waals surface area contributed by atoms with Gasteiger partial charge in [-0.05, 0) is 31.0 Å². The first-order valence-electron chi connectivity index (χ1n) is 7.67. The van der Waals surface area contributed by atoms with Gasteiger partial charge in [-0.15, -0.1) is 0 Å². The number of ketones is 1. The van der Waals surface area contributed by atoms with E-state index in [1.165, 1.54) is 6.92 Å². The van der Waals surface area contributed by atoms with Gasteiger partial charge in [0.05, 0.1) is 6.04 Å². The highest BCUT2D eigenvalue weighted by Crippen LogP contribution is 2.22.